The predicted octanol–water partition coefficient (Wildman–Crippen LogP) is 7.23. The summed E-state index contributed by atoms with van der Waals surface area (Å²) < 4.78 is 0. The van der Waals surface area contributed by atoms with Crippen LogP contribution in [0.25, 0.3) is 0 Å². The quantitative estimate of drug-likeness (QED) is 0.479. The minimum Gasteiger partial charge on any atom is -0.0996 e. The molecule has 136 valence electrons. The van der Waals surface area contributed by atoms with Gasteiger partial charge in [-0.3, -0.25) is 0 Å². The molecule has 3 aliphatic rings. The van der Waals surface area contributed by atoms with Crippen molar-refractivity contribution in [2.24, 2.45) is 35.5 Å². The van der Waals surface area contributed by atoms with Gasteiger partial charge in [-0.1, -0.05) is 51.4 Å². The average molecular weight is 329 g/mol. The van der Waals surface area contributed by atoms with Crippen molar-refractivity contribution in [1.29, 1.82) is 0 Å². The van der Waals surface area contributed by atoms with Crippen molar-refractivity contribution < 1.29 is 0 Å². The molecule has 0 amide bonds. The van der Waals surface area contributed by atoms with Crippen LogP contribution in [0.5, 0.6) is 0 Å². The minimum atomic E-state index is 0.729. The largest absolute Gasteiger partial charge is 0.0996 e. The molecule has 3 aliphatic carbocycles. The molecule has 0 aromatic carbocycles. The summed E-state index contributed by atoms with van der Waals surface area (Å²) in [7, 11) is 0. The predicted molar refractivity (Wildman–Crippen MR) is 105 cm³/mol. The van der Waals surface area contributed by atoms with E-state index in [1.54, 1.807) is 0 Å². The highest BCUT2D eigenvalue weighted by molar-refractivity contribution is 5.09. The van der Waals surface area contributed by atoms with E-state index in [1.807, 2.05) is 0 Å². The molecule has 3 saturated carbocycles. The standard InChI is InChI=1S/C24H40/c1-3-4-20-11-15-23(16-12-20)24-17-13-22(14-18-24)10-9-21-7-5-19(2)6-8-21/h19-24H,3-8,11-18H2,1-2H3. The topological polar surface area (TPSA) is 0 Å². The maximum absolute atomic E-state index is 3.70. The fourth-order valence-electron chi connectivity index (χ4n) is 5.73. The van der Waals surface area contributed by atoms with Gasteiger partial charge in [0.25, 0.3) is 0 Å². The van der Waals surface area contributed by atoms with Gasteiger partial charge in [-0.25, -0.2) is 0 Å². The Kier molecular flexibility index (Phi) is 7.12. The maximum Gasteiger partial charge on any atom is 0.0203 e. The summed E-state index contributed by atoms with van der Waals surface area (Å²) in [4.78, 5) is 0. The van der Waals surface area contributed by atoms with E-state index in [4.69, 9.17) is 0 Å². The van der Waals surface area contributed by atoms with Gasteiger partial charge in [-0.2, -0.15) is 0 Å². The van der Waals surface area contributed by atoms with Gasteiger partial charge in [0, 0.05) is 11.8 Å². The molecule has 3 rings (SSSR count). The van der Waals surface area contributed by atoms with Gasteiger partial charge in [-0.05, 0) is 87.9 Å². The zero-order valence-corrected chi connectivity index (χ0v) is 16.4. The molecule has 0 spiro atoms. The number of hydrogen-bond acceptors (Lipinski definition) is 0. The SMILES string of the molecule is CCCC1CCC(C2CCC(C#CC3CCC(C)CC3)CC2)CC1. The van der Waals surface area contributed by atoms with Crippen molar-refractivity contribution in [3.8, 4) is 11.8 Å². The van der Waals surface area contributed by atoms with Crippen molar-refractivity contribution in [2.45, 2.75) is 104 Å². The van der Waals surface area contributed by atoms with E-state index in [-0.39, 0.29) is 0 Å². The van der Waals surface area contributed by atoms with Crippen LogP contribution >= 0.6 is 0 Å². The normalized spacial score (nSPS) is 40.6. The molecule has 0 atom stereocenters. The zero-order chi connectivity index (χ0) is 16.8. The molecule has 0 unspecified atom stereocenters. The molecule has 0 bridgehead atoms. The van der Waals surface area contributed by atoms with Crippen molar-refractivity contribution in [3.63, 3.8) is 0 Å². The summed E-state index contributed by atoms with van der Waals surface area (Å²) in [6.45, 7) is 4.75. The Bertz CT molecular complexity index is 401. The Morgan fingerprint density at radius 2 is 1.08 bits per heavy atom. The highest BCUT2D eigenvalue weighted by Gasteiger charge is 2.30. The summed E-state index contributed by atoms with van der Waals surface area (Å²) in [6.07, 6.45) is 20.3. The molecular weight excluding hydrogens is 288 g/mol. The second-order valence-electron chi connectivity index (χ2n) is 9.43. The smallest absolute Gasteiger partial charge is 0.0203 e. The zero-order valence-electron chi connectivity index (χ0n) is 16.4. The summed E-state index contributed by atoms with van der Waals surface area (Å²) >= 11 is 0. The Morgan fingerprint density at radius 1 is 0.625 bits per heavy atom. The van der Waals surface area contributed by atoms with Gasteiger partial charge in [0.15, 0.2) is 0 Å². The van der Waals surface area contributed by atoms with Gasteiger partial charge in [0.2, 0.25) is 0 Å². The van der Waals surface area contributed by atoms with Crippen LogP contribution in [0.3, 0.4) is 0 Å². The summed E-state index contributed by atoms with van der Waals surface area (Å²) in [5, 5.41) is 0. The van der Waals surface area contributed by atoms with E-state index < -0.39 is 0 Å². The van der Waals surface area contributed by atoms with Crippen LogP contribution < -0.4 is 0 Å². The van der Waals surface area contributed by atoms with Gasteiger partial charge in [0.1, 0.15) is 0 Å². The third kappa shape index (κ3) is 5.28. The lowest BCUT2D eigenvalue weighted by atomic mass is 9.69. The van der Waals surface area contributed by atoms with Crippen molar-refractivity contribution in [2.75, 3.05) is 0 Å². The van der Waals surface area contributed by atoms with E-state index in [2.05, 4.69) is 25.7 Å². The van der Waals surface area contributed by atoms with Crippen LogP contribution in [0.4, 0.5) is 0 Å². The van der Waals surface area contributed by atoms with Crippen molar-refractivity contribution >= 4 is 0 Å². The molecule has 0 aliphatic heterocycles. The molecule has 0 aromatic rings. The molecule has 0 N–H and O–H groups in total. The monoisotopic (exact) mass is 328 g/mol. The average Bonchev–Trinajstić information content (AvgIpc) is 2.63. The fraction of sp³-hybridized carbons (Fsp3) is 0.917. The summed E-state index contributed by atoms with van der Waals surface area (Å²) in [6, 6.07) is 0. The van der Waals surface area contributed by atoms with E-state index in [0.29, 0.717) is 0 Å². The van der Waals surface area contributed by atoms with Crippen molar-refractivity contribution in [1.82, 2.24) is 0 Å². The molecule has 0 radical (unpaired) electrons. The molecule has 24 heavy (non-hydrogen) atoms. The second kappa shape index (κ2) is 9.31. The van der Waals surface area contributed by atoms with E-state index in [0.717, 1.165) is 35.5 Å². The molecule has 0 heterocycles. The van der Waals surface area contributed by atoms with Crippen LogP contribution in [-0.4, -0.2) is 0 Å². The summed E-state index contributed by atoms with van der Waals surface area (Å²) in [5.41, 5.74) is 0. The Hall–Kier alpha value is -0.440. The number of hydrogen-bond donors (Lipinski definition) is 0. The molecule has 0 nitrogen and oxygen atoms in total. The van der Waals surface area contributed by atoms with Crippen LogP contribution in [0.1, 0.15) is 104 Å². The highest BCUT2D eigenvalue weighted by Crippen LogP contribution is 2.42. The first-order chi connectivity index (χ1) is 11.7. The van der Waals surface area contributed by atoms with Crippen LogP contribution in [0, 0.1) is 47.3 Å². The lowest BCUT2D eigenvalue weighted by Crippen LogP contribution is -2.25. The molecule has 0 heteroatoms. The van der Waals surface area contributed by atoms with E-state index >= 15 is 0 Å². The first-order valence-electron chi connectivity index (χ1n) is 11.3. The van der Waals surface area contributed by atoms with Crippen LogP contribution in [-0.2, 0) is 0 Å². The lowest BCUT2D eigenvalue weighted by Gasteiger charge is -2.37. The van der Waals surface area contributed by atoms with Gasteiger partial charge >= 0.3 is 0 Å². The third-order valence-electron chi connectivity index (χ3n) is 7.53. The number of rotatable bonds is 3. The molecule has 0 saturated heterocycles. The first kappa shape index (κ1) is 18.4. The lowest BCUT2D eigenvalue weighted by molar-refractivity contribution is 0.153. The van der Waals surface area contributed by atoms with Crippen LogP contribution in [0.2, 0.25) is 0 Å². The minimum absolute atomic E-state index is 0.729. The molecular formula is C24H40. The maximum atomic E-state index is 3.70. The van der Waals surface area contributed by atoms with Gasteiger partial charge < -0.3 is 0 Å². The molecule has 0 aromatic heterocycles. The summed E-state index contributed by atoms with van der Waals surface area (Å²) in [5.74, 6) is 13.0. The van der Waals surface area contributed by atoms with E-state index in [1.165, 1.54) is 89.9 Å². The highest BCUT2D eigenvalue weighted by atomic mass is 14.4. The van der Waals surface area contributed by atoms with Crippen molar-refractivity contribution in [3.05, 3.63) is 0 Å². The van der Waals surface area contributed by atoms with Crippen LogP contribution in [0.15, 0.2) is 0 Å². The van der Waals surface area contributed by atoms with E-state index in [9.17, 15) is 0 Å². The molecule has 3 fully saturated rings. The Balaban J connectivity index is 1.37. The first-order valence-corrected chi connectivity index (χ1v) is 11.3. The second-order valence-corrected chi connectivity index (χ2v) is 9.43. The van der Waals surface area contributed by atoms with Gasteiger partial charge in [-0.15, -0.1) is 0 Å². The fourth-order valence-corrected chi connectivity index (χ4v) is 5.73. The Labute approximate surface area is 151 Å². The van der Waals surface area contributed by atoms with Gasteiger partial charge in [0.05, 0.1) is 0 Å². The Morgan fingerprint density at radius 3 is 1.58 bits per heavy atom. The third-order valence-corrected chi connectivity index (χ3v) is 7.53.